The van der Waals surface area contributed by atoms with Crippen LogP contribution >= 0.6 is 0 Å². The van der Waals surface area contributed by atoms with Gasteiger partial charge in [0.1, 0.15) is 12.3 Å². The van der Waals surface area contributed by atoms with Crippen molar-refractivity contribution in [1.82, 2.24) is 9.97 Å². The Bertz CT molecular complexity index is 423. The zero-order valence-corrected chi connectivity index (χ0v) is 8.01. The maximum absolute atomic E-state index is 11.4. The number of H-pyrrole nitrogens is 1. The lowest BCUT2D eigenvalue weighted by atomic mass is 10.2. The molecular weight excluding hydrogens is 192 g/mol. The molecule has 0 unspecified atom stereocenters. The van der Waals surface area contributed by atoms with Crippen LogP contribution in [0.1, 0.15) is 16.1 Å². The Balaban J connectivity index is 1.92. The predicted octanol–water partition coefficient (Wildman–Crippen LogP) is 1.77. The first-order valence-corrected chi connectivity index (χ1v) is 4.55. The van der Waals surface area contributed by atoms with Gasteiger partial charge in [0, 0.05) is 0 Å². The summed E-state index contributed by atoms with van der Waals surface area (Å²) < 4.78 is 5.06. The molecule has 0 aliphatic carbocycles. The van der Waals surface area contributed by atoms with Crippen LogP contribution in [0.4, 0.5) is 0 Å². The molecule has 76 valence electrons. The third kappa shape index (κ3) is 2.43. The molecule has 0 bridgehead atoms. The molecule has 1 heterocycles. The summed E-state index contributed by atoms with van der Waals surface area (Å²) in [7, 11) is 0. The van der Waals surface area contributed by atoms with Gasteiger partial charge in [0.2, 0.25) is 0 Å². The Hall–Kier alpha value is -2.10. The highest BCUT2D eigenvalue weighted by molar-refractivity contribution is 5.86. The number of rotatable bonds is 3. The molecule has 0 amide bonds. The molecule has 1 N–H and O–H groups in total. The van der Waals surface area contributed by atoms with E-state index in [1.165, 1.54) is 12.5 Å². The molecule has 0 fully saturated rings. The highest BCUT2D eigenvalue weighted by atomic mass is 16.5. The van der Waals surface area contributed by atoms with E-state index in [1.54, 1.807) is 0 Å². The van der Waals surface area contributed by atoms with Crippen molar-refractivity contribution >= 4 is 5.97 Å². The lowest BCUT2D eigenvalue weighted by molar-refractivity contribution is 0.0466. The number of benzene rings is 1. The van der Waals surface area contributed by atoms with E-state index in [9.17, 15) is 4.79 Å². The number of carbonyl (C=O) groups is 1. The molecule has 4 heteroatoms. The van der Waals surface area contributed by atoms with E-state index in [0.29, 0.717) is 5.69 Å². The Labute approximate surface area is 86.9 Å². The van der Waals surface area contributed by atoms with Crippen LogP contribution < -0.4 is 0 Å². The minimum absolute atomic E-state index is 0.276. The van der Waals surface area contributed by atoms with Crippen molar-refractivity contribution in [1.29, 1.82) is 0 Å². The second-order valence-electron chi connectivity index (χ2n) is 3.03. The molecule has 0 aliphatic heterocycles. The number of nitrogens with zero attached hydrogens (tertiary/aromatic N) is 1. The van der Waals surface area contributed by atoms with Gasteiger partial charge in [-0.2, -0.15) is 0 Å². The SMILES string of the molecule is O=C(OCc1ccccc1)c1cnc[nH]1. The minimum atomic E-state index is -0.392. The maximum atomic E-state index is 11.4. The number of hydrogen-bond donors (Lipinski definition) is 1. The summed E-state index contributed by atoms with van der Waals surface area (Å²) in [6, 6.07) is 9.53. The third-order valence-corrected chi connectivity index (χ3v) is 1.93. The van der Waals surface area contributed by atoms with Gasteiger partial charge in [-0.25, -0.2) is 9.78 Å². The zero-order chi connectivity index (χ0) is 10.5. The van der Waals surface area contributed by atoms with Crippen molar-refractivity contribution in [3.05, 3.63) is 54.1 Å². The van der Waals surface area contributed by atoms with Gasteiger partial charge >= 0.3 is 5.97 Å². The van der Waals surface area contributed by atoms with Crippen molar-refractivity contribution in [3.63, 3.8) is 0 Å². The van der Waals surface area contributed by atoms with Gasteiger partial charge in [0.05, 0.1) is 12.5 Å². The summed E-state index contributed by atoms with van der Waals surface area (Å²) in [4.78, 5) is 17.8. The molecule has 2 rings (SSSR count). The molecule has 0 saturated heterocycles. The fourth-order valence-corrected chi connectivity index (χ4v) is 1.17. The van der Waals surface area contributed by atoms with Gasteiger partial charge in [-0.15, -0.1) is 0 Å². The number of hydrogen-bond acceptors (Lipinski definition) is 3. The predicted molar refractivity (Wildman–Crippen MR) is 54.1 cm³/mol. The molecule has 0 atom stereocenters. The number of carbonyl (C=O) groups excluding carboxylic acids is 1. The lowest BCUT2D eigenvalue weighted by Crippen LogP contribution is -2.05. The topological polar surface area (TPSA) is 55.0 Å². The van der Waals surface area contributed by atoms with Crippen LogP contribution in [0.15, 0.2) is 42.9 Å². The Morgan fingerprint density at radius 1 is 1.33 bits per heavy atom. The first kappa shape index (κ1) is 9.45. The molecule has 15 heavy (non-hydrogen) atoms. The van der Waals surface area contributed by atoms with E-state index >= 15 is 0 Å². The van der Waals surface area contributed by atoms with Gasteiger partial charge in [-0.1, -0.05) is 30.3 Å². The van der Waals surface area contributed by atoms with Crippen molar-refractivity contribution < 1.29 is 9.53 Å². The number of aromatic amines is 1. The van der Waals surface area contributed by atoms with Crippen LogP contribution in [0.25, 0.3) is 0 Å². The van der Waals surface area contributed by atoms with E-state index in [0.717, 1.165) is 5.56 Å². The number of esters is 1. The van der Waals surface area contributed by atoms with Crippen LogP contribution in [-0.4, -0.2) is 15.9 Å². The van der Waals surface area contributed by atoms with Crippen LogP contribution in [-0.2, 0) is 11.3 Å². The van der Waals surface area contributed by atoms with Gasteiger partial charge in [0.25, 0.3) is 0 Å². The fourth-order valence-electron chi connectivity index (χ4n) is 1.17. The molecule has 2 aromatic rings. The molecular formula is C11H10N2O2. The lowest BCUT2D eigenvalue weighted by Gasteiger charge is -2.02. The fraction of sp³-hybridized carbons (Fsp3) is 0.0909. The summed E-state index contributed by atoms with van der Waals surface area (Å²) in [5.74, 6) is -0.392. The van der Waals surface area contributed by atoms with Gasteiger partial charge in [-0.05, 0) is 5.56 Å². The Morgan fingerprint density at radius 2 is 2.13 bits per heavy atom. The van der Waals surface area contributed by atoms with Gasteiger partial charge in [0.15, 0.2) is 0 Å². The quantitative estimate of drug-likeness (QED) is 0.771. The second-order valence-corrected chi connectivity index (χ2v) is 3.03. The largest absolute Gasteiger partial charge is 0.456 e. The summed E-state index contributed by atoms with van der Waals surface area (Å²) in [6.45, 7) is 0.276. The van der Waals surface area contributed by atoms with Crippen LogP contribution in [0.3, 0.4) is 0 Å². The molecule has 0 spiro atoms. The monoisotopic (exact) mass is 202 g/mol. The first-order chi connectivity index (χ1) is 7.36. The average molecular weight is 202 g/mol. The Kier molecular flexibility index (Phi) is 2.78. The summed E-state index contributed by atoms with van der Waals surface area (Å²) in [5, 5.41) is 0. The number of imidazole rings is 1. The van der Waals surface area contributed by atoms with Crippen molar-refractivity contribution in [2.24, 2.45) is 0 Å². The maximum Gasteiger partial charge on any atom is 0.356 e. The second kappa shape index (κ2) is 4.41. The van der Waals surface area contributed by atoms with Crippen LogP contribution in [0.2, 0.25) is 0 Å². The highest BCUT2D eigenvalue weighted by Crippen LogP contribution is 2.03. The first-order valence-electron chi connectivity index (χ1n) is 4.55. The van der Waals surface area contributed by atoms with E-state index in [4.69, 9.17) is 4.74 Å². The highest BCUT2D eigenvalue weighted by Gasteiger charge is 2.07. The van der Waals surface area contributed by atoms with Gasteiger partial charge in [-0.3, -0.25) is 0 Å². The number of ether oxygens (including phenoxy) is 1. The summed E-state index contributed by atoms with van der Waals surface area (Å²) in [6.07, 6.45) is 2.88. The van der Waals surface area contributed by atoms with E-state index in [1.807, 2.05) is 30.3 Å². The molecule has 4 nitrogen and oxygen atoms in total. The minimum Gasteiger partial charge on any atom is -0.456 e. The standard InChI is InChI=1S/C11H10N2O2/c14-11(10-6-12-8-13-10)15-7-9-4-2-1-3-5-9/h1-6,8H,7H2,(H,12,13). The summed E-state index contributed by atoms with van der Waals surface area (Å²) in [5.41, 5.74) is 1.33. The molecule has 0 saturated carbocycles. The average Bonchev–Trinajstić information content (AvgIpc) is 2.81. The zero-order valence-electron chi connectivity index (χ0n) is 8.01. The normalized spacial score (nSPS) is 9.87. The molecule has 1 aromatic carbocycles. The van der Waals surface area contributed by atoms with E-state index < -0.39 is 5.97 Å². The van der Waals surface area contributed by atoms with Crippen LogP contribution in [0, 0.1) is 0 Å². The van der Waals surface area contributed by atoms with E-state index in [2.05, 4.69) is 9.97 Å². The third-order valence-electron chi connectivity index (χ3n) is 1.93. The van der Waals surface area contributed by atoms with Crippen molar-refractivity contribution in [2.75, 3.05) is 0 Å². The number of nitrogens with one attached hydrogen (secondary N) is 1. The van der Waals surface area contributed by atoms with E-state index in [-0.39, 0.29) is 6.61 Å². The van der Waals surface area contributed by atoms with Crippen molar-refractivity contribution in [2.45, 2.75) is 6.61 Å². The molecule has 1 aromatic heterocycles. The number of aromatic nitrogens is 2. The molecule has 0 aliphatic rings. The van der Waals surface area contributed by atoms with Crippen molar-refractivity contribution in [3.8, 4) is 0 Å². The van der Waals surface area contributed by atoms with Crippen LogP contribution in [0.5, 0.6) is 0 Å². The molecule has 0 radical (unpaired) electrons. The van der Waals surface area contributed by atoms with Gasteiger partial charge < -0.3 is 9.72 Å². The Morgan fingerprint density at radius 3 is 2.80 bits per heavy atom. The summed E-state index contributed by atoms with van der Waals surface area (Å²) >= 11 is 0. The smallest absolute Gasteiger partial charge is 0.356 e.